The quantitative estimate of drug-likeness (QED) is 0.699. The van der Waals surface area contributed by atoms with Crippen LogP contribution in [-0.4, -0.2) is 0 Å². The fourth-order valence-corrected chi connectivity index (χ4v) is 1.89. The first kappa shape index (κ1) is 16.2. The third kappa shape index (κ3) is 4.94. The Balaban J connectivity index is 0.000000284. The SMILES string of the molecule is CC[c-]1cccc1C.CC[c-]1cccc1C.[Cr+2]. The van der Waals surface area contributed by atoms with Gasteiger partial charge in [0.05, 0.1) is 0 Å². The topological polar surface area (TPSA) is 0 Å². The van der Waals surface area contributed by atoms with Gasteiger partial charge in [-0.05, 0) is 0 Å². The van der Waals surface area contributed by atoms with Crippen LogP contribution in [0.2, 0.25) is 0 Å². The van der Waals surface area contributed by atoms with Gasteiger partial charge in [0, 0.05) is 0 Å². The van der Waals surface area contributed by atoms with Crippen LogP contribution in [0.5, 0.6) is 0 Å². The molecule has 0 saturated carbocycles. The minimum Gasteiger partial charge on any atom is -0.213 e. The third-order valence-corrected chi connectivity index (χ3v) is 3.06. The summed E-state index contributed by atoms with van der Waals surface area (Å²) in [5.41, 5.74) is 5.80. The van der Waals surface area contributed by atoms with Gasteiger partial charge in [-0.3, -0.25) is 0 Å². The Morgan fingerprint density at radius 1 is 0.824 bits per heavy atom. The summed E-state index contributed by atoms with van der Waals surface area (Å²) in [6.45, 7) is 8.67. The molecule has 0 unspecified atom stereocenters. The van der Waals surface area contributed by atoms with Crippen LogP contribution in [0.15, 0.2) is 36.4 Å². The smallest absolute Gasteiger partial charge is 0.213 e. The molecule has 0 aliphatic carbocycles. The number of rotatable bonds is 2. The first-order valence-corrected chi connectivity index (χ1v) is 6.11. The zero-order chi connectivity index (χ0) is 12.0. The molecule has 2 aromatic rings. The molecular formula is C16H22Cr. The van der Waals surface area contributed by atoms with Crippen molar-refractivity contribution < 1.29 is 17.4 Å². The molecule has 0 spiro atoms. The van der Waals surface area contributed by atoms with Gasteiger partial charge in [0.15, 0.2) is 0 Å². The summed E-state index contributed by atoms with van der Waals surface area (Å²) >= 11 is 0. The summed E-state index contributed by atoms with van der Waals surface area (Å²) in [4.78, 5) is 0. The summed E-state index contributed by atoms with van der Waals surface area (Å²) < 4.78 is 0. The second-order valence-corrected chi connectivity index (χ2v) is 4.18. The summed E-state index contributed by atoms with van der Waals surface area (Å²) in [5, 5.41) is 0. The molecule has 0 saturated heterocycles. The van der Waals surface area contributed by atoms with Gasteiger partial charge in [0.25, 0.3) is 0 Å². The van der Waals surface area contributed by atoms with Crippen LogP contribution in [0, 0.1) is 13.8 Å². The van der Waals surface area contributed by atoms with Crippen molar-refractivity contribution in [2.75, 3.05) is 0 Å². The minimum absolute atomic E-state index is 0. The van der Waals surface area contributed by atoms with E-state index in [-0.39, 0.29) is 17.4 Å². The minimum atomic E-state index is 0. The van der Waals surface area contributed by atoms with Crippen LogP contribution in [-0.2, 0) is 30.2 Å². The van der Waals surface area contributed by atoms with Crippen molar-refractivity contribution >= 4 is 0 Å². The number of hydrogen-bond donors (Lipinski definition) is 0. The molecule has 2 rings (SSSR count). The van der Waals surface area contributed by atoms with E-state index in [9.17, 15) is 0 Å². The second kappa shape index (κ2) is 8.34. The van der Waals surface area contributed by atoms with Crippen LogP contribution < -0.4 is 0 Å². The predicted molar refractivity (Wildman–Crippen MR) is 72.3 cm³/mol. The molecule has 0 nitrogen and oxygen atoms in total. The van der Waals surface area contributed by atoms with Gasteiger partial charge in [-0.25, -0.2) is 24.3 Å². The van der Waals surface area contributed by atoms with E-state index in [2.05, 4.69) is 64.1 Å². The standard InChI is InChI=1S/2C8H11.Cr/c2*1-3-8-6-4-5-7(8)2;/h2*4-6H,3H2,1-2H3;/q2*-1;+2. The molecule has 0 atom stereocenters. The third-order valence-electron chi connectivity index (χ3n) is 3.06. The average molecular weight is 266 g/mol. The zero-order valence-electron chi connectivity index (χ0n) is 11.3. The molecule has 0 aliphatic rings. The molecule has 0 amide bonds. The second-order valence-electron chi connectivity index (χ2n) is 4.18. The Hall–Kier alpha value is -0.768. The first-order chi connectivity index (χ1) is 7.69. The molecule has 0 heterocycles. The van der Waals surface area contributed by atoms with Crippen molar-refractivity contribution in [1.29, 1.82) is 0 Å². The normalized spacial score (nSPS) is 9.18. The summed E-state index contributed by atoms with van der Waals surface area (Å²) in [6, 6.07) is 12.9. The molecule has 0 fully saturated rings. The maximum absolute atomic E-state index is 2.18. The maximum atomic E-state index is 2.18. The van der Waals surface area contributed by atoms with Crippen LogP contribution in [0.3, 0.4) is 0 Å². The monoisotopic (exact) mass is 266 g/mol. The molecule has 2 aromatic carbocycles. The Labute approximate surface area is 117 Å². The van der Waals surface area contributed by atoms with Crippen LogP contribution >= 0.6 is 0 Å². The Bertz CT molecular complexity index is 366. The van der Waals surface area contributed by atoms with E-state index in [0.717, 1.165) is 0 Å². The molecule has 1 heteroatoms. The van der Waals surface area contributed by atoms with Crippen molar-refractivity contribution in [1.82, 2.24) is 0 Å². The van der Waals surface area contributed by atoms with Gasteiger partial charge in [0.2, 0.25) is 0 Å². The molecule has 0 aromatic heterocycles. The summed E-state index contributed by atoms with van der Waals surface area (Å²) in [5.74, 6) is 0. The fourth-order valence-electron chi connectivity index (χ4n) is 1.89. The molecule has 0 aliphatic heterocycles. The molecule has 0 N–H and O–H groups in total. The largest absolute Gasteiger partial charge is 2.00 e. The molecule has 17 heavy (non-hydrogen) atoms. The Kier molecular flexibility index (Phi) is 7.97. The molecular weight excluding hydrogens is 244 g/mol. The van der Waals surface area contributed by atoms with Gasteiger partial charge in [0.1, 0.15) is 0 Å². The molecule has 92 valence electrons. The number of hydrogen-bond acceptors (Lipinski definition) is 0. The van der Waals surface area contributed by atoms with Gasteiger partial charge in [-0.2, -0.15) is 34.4 Å². The summed E-state index contributed by atoms with van der Waals surface area (Å²) in [6.07, 6.45) is 2.33. The van der Waals surface area contributed by atoms with E-state index >= 15 is 0 Å². The first-order valence-electron chi connectivity index (χ1n) is 6.11. The van der Waals surface area contributed by atoms with E-state index in [0.29, 0.717) is 0 Å². The van der Waals surface area contributed by atoms with Crippen molar-refractivity contribution in [3.8, 4) is 0 Å². The Morgan fingerprint density at radius 2 is 1.18 bits per heavy atom. The average Bonchev–Trinajstić information content (AvgIpc) is 2.87. The summed E-state index contributed by atoms with van der Waals surface area (Å²) in [7, 11) is 0. The van der Waals surface area contributed by atoms with E-state index < -0.39 is 0 Å². The van der Waals surface area contributed by atoms with E-state index in [1.54, 1.807) is 0 Å². The number of aryl methyl sites for hydroxylation is 4. The van der Waals surface area contributed by atoms with Gasteiger partial charge >= 0.3 is 17.4 Å². The van der Waals surface area contributed by atoms with Crippen molar-refractivity contribution in [2.45, 2.75) is 40.5 Å². The van der Waals surface area contributed by atoms with E-state index in [4.69, 9.17) is 0 Å². The van der Waals surface area contributed by atoms with Crippen molar-refractivity contribution in [2.24, 2.45) is 0 Å². The van der Waals surface area contributed by atoms with Crippen molar-refractivity contribution in [3.05, 3.63) is 58.7 Å². The van der Waals surface area contributed by atoms with Crippen LogP contribution in [0.4, 0.5) is 0 Å². The fraction of sp³-hybridized carbons (Fsp3) is 0.375. The Morgan fingerprint density at radius 3 is 1.29 bits per heavy atom. The van der Waals surface area contributed by atoms with Gasteiger partial charge in [-0.15, -0.1) is 0 Å². The van der Waals surface area contributed by atoms with Crippen LogP contribution in [0.25, 0.3) is 0 Å². The van der Waals surface area contributed by atoms with Crippen molar-refractivity contribution in [3.63, 3.8) is 0 Å². The molecule has 0 bridgehead atoms. The van der Waals surface area contributed by atoms with Crippen LogP contribution in [0.1, 0.15) is 36.1 Å². The van der Waals surface area contributed by atoms with Gasteiger partial charge < -0.3 is 0 Å². The zero-order valence-corrected chi connectivity index (χ0v) is 12.6. The van der Waals surface area contributed by atoms with E-state index in [1.165, 1.54) is 35.1 Å². The maximum Gasteiger partial charge on any atom is 2.00 e. The van der Waals surface area contributed by atoms with E-state index in [1.807, 2.05) is 0 Å². The predicted octanol–water partition coefficient (Wildman–Crippen LogP) is 4.55. The van der Waals surface area contributed by atoms with Gasteiger partial charge in [-0.1, -0.05) is 40.5 Å². The molecule has 0 radical (unpaired) electrons.